The number of rotatable bonds is 6. The van der Waals surface area contributed by atoms with Gasteiger partial charge in [-0.3, -0.25) is 4.79 Å². The highest BCUT2D eigenvalue weighted by atomic mass is 32.1. The van der Waals surface area contributed by atoms with Crippen LogP contribution in [0.4, 0.5) is 5.69 Å². The molecule has 0 aliphatic carbocycles. The molecule has 0 atom stereocenters. The summed E-state index contributed by atoms with van der Waals surface area (Å²) < 4.78 is 5.11. The van der Waals surface area contributed by atoms with Gasteiger partial charge in [-0.25, -0.2) is 9.78 Å². The molecule has 4 rings (SSSR count). The number of likely N-dealkylation sites (tertiary alicyclic amines) is 1. The number of benzene rings is 1. The molecule has 3 aromatic rings. The highest BCUT2D eigenvalue weighted by molar-refractivity contribution is 7.10. The number of aryl methyl sites for hydroxylation is 1. The second-order valence-corrected chi connectivity index (χ2v) is 9.06. The van der Waals surface area contributed by atoms with Gasteiger partial charge in [-0.1, -0.05) is 12.1 Å². The second kappa shape index (κ2) is 9.69. The number of hydrogen-bond acceptors (Lipinski definition) is 6. The van der Waals surface area contributed by atoms with E-state index in [1.807, 2.05) is 0 Å². The first-order valence-corrected chi connectivity index (χ1v) is 12.1. The summed E-state index contributed by atoms with van der Waals surface area (Å²) in [6.07, 6.45) is 1.71. The fraction of sp³-hybridized carbons (Fsp3) is 0.400. The van der Waals surface area contributed by atoms with Gasteiger partial charge < -0.3 is 14.2 Å². The number of amides is 1. The minimum absolute atomic E-state index is 0.123. The van der Waals surface area contributed by atoms with E-state index in [1.54, 1.807) is 29.2 Å². The first kappa shape index (κ1) is 22.3. The van der Waals surface area contributed by atoms with Crippen molar-refractivity contribution in [1.29, 1.82) is 0 Å². The summed E-state index contributed by atoms with van der Waals surface area (Å²) in [7, 11) is 0. The molecule has 0 bridgehead atoms. The molecule has 7 heteroatoms. The average molecular weight is 452 g/mol. The fourth-order valence-electron chi connectivity index (χ4n) is 4.23. The van der Waals surface area contributed by atoms with Crippen LogP contribution in [-0.2, 0) is 0 Å². The number of carbonyl (C=O) groups excluding carboxylic acids is 1. The summed E-state index contributed by atoms with van der Waals surface area (Å²) in [4.78, 5) is 33.3. The molecule has 6 nitrogen and oxygen atoms in total. The van der Waals surface area contributed by atoms with Gasteiger partial charge in [0.2, 0.25) is 0 Å². The molecule has 1 aromatic carbocycles. The normalized spacial score (nSPS) is 14.5. The molecule has 2 aromatic heterocycles. The Morgan fingerprint density at radius 1 is 1.16 bits per heavy atom. The lowest BCUT2D eigenvalue weighted by Crippen LogP contribution is -2.38. The number of aromatic nitrogens is 1. The molecular formula is C25H29N3O3S. The lowest BCUT2D eigenvalue weighted by atomic mass is 9.97. The van der Waals surface area contributed by atoms with Gasteiger partial charge in [0.15, 0.2) is 5.76 Å². The highest BCUT2D eigenvalue weighted by Crippen LogP contribution is 2.33. The molecule has 1 saturated heterocycles. The van der Waals surface area contributed by atoms with Gasteiger partial charge in [-0.05, 0) is 57.4 Å². The smallest absolute Gasteiger partial charge is 0.336 e. The quantitative estimate of drug-likeness (QED) is 0.531. The minimum Gasteiger partial charge on any atom is -0.417 e. The van der Waals surface area contributed by atoms with Gasteiger partial charge in [0.25, 0.3) is 5.91 Å². The summed E-state index contributed by atoms with van der Waals surface area (Å²) in [5.41, 5.74) is 3.63. The standard InChI is InChI=1S/C25H29N3O3S/c1-4-27(5-2)20-8-6-18(7-9-20)21-16-32-24(26-21)19-10-12-28(13-11-19)25(30)22-14-17(3)15-23(29)31-22/h6-9,14-16,19H,4-5,10-13H2,1-3H3. The monoisotopic (exact) mass is 451 g/mol. The van der Waals surface area contributed by atoms with E-state index in [2.05, 4.69) is 48.4 Å². The lowest BCUT2D eigenvalue weighted by molar-refractivity contribution is 0.0675. The van der Waals surface area contributed by atoms with Crippen LogP contribution in [0.15, 0.2) is 51.0 Å². The van der Waals surface area contributed by atoms with E-state index >= 15 is 0 Å². The van der Waals surface area contributed by atoms with E-state index in [4.69, 9.17) is 9.40 Å². The predicted octanol–water partition coefficient (Wildman–Crippen LogP) is 4.94. The molecule has 0 N–H and O–H groups in total. The van der Waals surface area contributed by atoms with Crippen molar-refractivity contribution >= 4 is 22.9 Å². The maximum absolute atomic E-state index is 12.7. The predicted molar refractivity (Wildman–Crippen MR) is 129 cm³/mol. The van der Waals surface area contributed by atoms with Crippen LogP contribution in [0.2, 0.25) is 0 Å². The van der Waals surface area contributed by atoms with Crippen molar-refractivity contribution in [3.8, 4) is 11.3 Å². The molecule has 1 fully saturated rings. The van der Waals surface area contributed by atoms with Crippen LogP contribution in [-0.4, -0.2) is 42.0 Å². The van der Waals surface area contributed by atoms with Crippen molar-refractivity contribution in [2.45, 2.75) is 39.5 Å². The van der Waals surface area contributed by atoms with E-state index in [0.717, 1.165) is 47.8 Å². The first-order valence-electron chi connectivity index (χ1n) is 11.2. The van der Waals surface area contributed by atoms with Gasteiger partial charge in [0, 0.05) is 54.8 Å². The van der Waals surface area contributed by atoms with Crippen LogP contribution in [0.5, 0.6) is 0 Å². The van der Waals surface area contributed by atoms with Crippen LogP contribution in [0.25, 0.3) is 11.3 Å². The highest BCUT2D eigenvalue weighted by Gasteiger charge is 2.27. The van der Waals surface area contributed by atoms with Crippen LogP contribution < -0.4 is 10.5 Å². The Hall–Kier alpha value is -2.93. The Labute approximate surface area is 192 Å². The van der Waals surface area contributed by atoms with E-state index in [-0.39, 0.29) is 11.7 Å². The lowest BCUT2D eigenvalue weighted by Gasteiger charge is -2.30. The molecule has 0 unspecified atom stereocenters. The zero-order valence-corrected chi connectivity index (χ0v) is 19.7. The molecule has 3 heterocycles. The second-order valence-electron chi connectivity index (χ2n) is 8.17. The fourth-order valence-corrected chi connectivity index (χ4v) is 5.23. The molecule has 1 amide bonds. The zero-order valence-electron chi connectivity index (χ0n) is 18.8. The van der Waals surface area contributed by atoms with Gasteiger partial charge in [-0.2, -0.15) is 0 Å². The van der Waals surface area contributed by atoms with Crippen molar-refractivity contribution in [1.82, 2.24) is 9.88 Å². The van der Waals surface area contributed by atoms with Gasteiger partial charge >= 0.3 is 5.63 Å². The molecule has 32 heavy (non-hydrogen) atoms. The average Bonchev–Trinajstić information content (AvgIpc) is 3.30. The topological polar surface area (TPSA) is 66.7 Å². The van der Waals surface area contributed by atoms with E-state index in [9.17, 15) is 9.59 Å². The van der Waals surface area contributed by atoms with Crippen molar-refractivity contribution in [2.24, 2.45) is 0 Å². The molecule has 0 radical (unpaired) electrons. The maximum Gasteiger partial charge on any atom is 0.336 e. The number of anilines is 1. The van der Waals surface area contributed by atoms with Gasteiger partial charge in [0.1, 0.15) is 0 Å². The Balaban J connectivity index is 1.40. The van der Waals surface area contributed by atoms with Crippen molar-refractivity contribution in [2.75, 3.05) is 31.1 Å². The summed E-state index contributed by atoms with van der Waals surface area (Å²) in [6, 6.07) is 11.6. The first-order chi connectivity index (χ1) is 15.5. The van der Waals surface area contributed by atoms with Gasteiger partial charge in [0.05, 0.1) is 10.7 Å². The minimum atomic E-state index is -0.483. The SMILES string of the molecule is CCN(CC)c1ccc(-c2csc(C3CCN(C(=O)c4cc(C)cc(=O)o4)CC3)n2)cc1. The Kier molecular flexibility index (Phi) is 6.74. The number of piperidine rings is 1. The van der Waals surface area contributed by atoms with Crippen LogP contribution in [0, 0.1) is 6.92 Å². The number of hydrogen-bond donors (Lipinski definition) is 0. The molecule has 1 aliphatic heterocycles. The summed E-state index contributed by atoms with van der Waals surface area (Å²) in [5, 5.41) is 3.25. The van der Waals surface area contributed by atoms with Gasteiger partial charge in [-0.15, -0.1) is 11.3 Å². The summed E-state index contributed by atoms with van der Waals surface area (Å²) >= 11 is 1.70. The molecule has 1 aliphatic rings. The maximum atomic E-state index is 12.7. The number of carbonyl (C=O) groups is 1. The van der Waals surface area contributed by atoms with E-state index in [0.29, 0.717) is 19.0 Å². The number of thiazole rings is 1. The van der Waals surface area contributed by atoms with E-state index in [1.165, 1.54) is 11.8 Å². The molecule has 168 valence electrons. The van der Waals surface area contributed by atoms with Crippen LogP contribution >= 0.6 is 11.3 Å². The largest absolute Gasteiger partial charge is 0.417 e. The Morgan fingerprint density at radius 3 is 2.47 bits per heavy atom. The van der Waals surface area contributed by atoms with Crippen molar-refractivity contribution < 1.29 is 9.21 Å². The third-order valence-corrected chi connectivity index (χ3v) is 7.08. The molecule has 0 spiro atoms. The molecular weight excluding hydrogens is 422 g/mol. The summed E-state index contributed by atoms with van der Waals surface area (Å²) in [6.45, 7) is 9.38. The van der Waals surface area contributed by atoms with E-state index < -0.39 is 5.63 Å². The number of nitrogens with zero attached hydrogens (tertiary/aromatic N) is 3. The van der Waals surface area contributed by atoms with Crippen molar-refractivity contribution in [3.05, 3.63) is 68.5 Å². The molecule has 0 saturated carbocycles. The summed E-state index contributed by atoms with van der Waals surface area (Å²) in [5.74, 6) is 0.257. The third-order valence-electron chi connectivity index (χ3n) is 6.07. The third kappa shape index (κ3) is 4.78. The van der Waals surface area contributed by atoms with Crippen molar-refractivity contribution in [3.63, 3.8) is 0 Å². The van der Waals surface area contributed by atoms with Crippen LogP contribution in [0.1, 0.15) is 53.7 Å². The Bertz CT molecular complexity index is 1120. The zero-order chi connectivity index (χ0) is 22.7. The van der Waals surface area contributed by atoms with Crippen LogP contribution in [0.3, 0.4) is 0 Å². The Morgan fingerprint density at radius 2 is 1.84 bits per heavy atom.